The summed E-state index contributed by atoms with van der Waals surface area (Å²) in [4.78, 5) is 0. The van der Waals surface area contributed by atoms with Crippen LogP contribution >= 0.6 is 0 Å². The average molecular weight is 198 g/mol. The summed E-state index contributed by atoms with van der Waals surface area (Å²) in [5.74, 6) is 1.60. The van der Waals surface area contributed by atoms with Crippen molar-refractivity contribution in [3.05, 3.63) is 0 Å². The number of hydrogen-bond donors (Lipinski definition) is 2. The van der Waals surface area contributed by atoms with Crippen molar-refractivity contribution in [1.29, 1.82) is 0 Å². The Bertz CT molecular complexity index is 128. The van der Waals surface area contributed by atoms with Gasteiger partial charge in [-0.25, -0.2) is 0 Å². The summed E-state index contributed by atoms with van der Waals surface area (Å²) >= 11 is 0. The molecule has 1 heterocycles. The second-order valence-electron chi connectivity index (χ2n) is 5.47. The Balaban J connectivity index is 2.17. The first-order chi connectivity index (χ1) is 6.58. The van der Waals surface area contributed by atoms with Gasteiger partial charge in [-0.1, -0.05) is 27.7 Å². The van der Waals surface area contributed by atoms with Crippen LogP contribution in [0.25, 0.3) is 0 Å². The van der Waals surface area contributed by atoms with E-state index in [2.05, 4.69) is 38.3 Å². The van der Waals surface area contributed by atoms with E-state index in [-0.39, 0.29) is 0 Å². The Kier molecular flexibility index (Phi) is 4.90. The largest absolute Gasteiger partial charge is 0.311 e. The van der Waals surface area contributed by atoms with Gasteiger partial charge in [0.2, 0.25) is 0 Å². The van der Waals surface area contributed by atoms with Crippen LogP contribution in [0.2, 0.25) is 0 Å². The SMILES string of the molecule is CC(C)C[C@H]1CN[C@H](CC(C)C)CN1. The lowest BCUT2D eigenvalue weighted by Gasteiger charge is -2.33. The standard InChI is InChI=1S/C12H26N2/c1-9(2)5-11-7-14-12(8-13-11)6-10(3)4/h9-14H,5-8H2,1-4H3/t11-,12+. The Hall–Kier alpha value is -0.0800. The molecule has 1 saturated heterocycles. The molecule has 0 bridgehead atoms. The first-order valence-corrected chi connectivity index (χ1v) is 6.04. The Morgan fingerprint density at radius 1 is 0.857 bits per heavy atom. The molecule has 1 fully saturated rings. The topological polar surface area (TPSA) is 24.1 Å². The van der Waals surface area contributed by atoms with Gasteiger partial charge in [0.05, 0.1) is 0 Å². The van der Waals surface area contributed by atoms with Crippen molar-refractivity contribution in [3.8, 4) is 0 Å². The summed E-state index contributed by atoms with van der Waals surface area (Å²) in [5, 5.41) is 7.29. The first kappa shape index (κ1) is 12.0. The average Bonchev–Trinajstić information content (AvgIpc) is 2.06. The highest BCUT2D eigenvalue weighted by atomic mass is 15.1. The van der Waals surface area contributed by atoms with Gasteiger partial charge in [-0.15, -0.1) is 0 Å². The first-order valence-electron chi connectivity index (χ1n) is 6.04. The maximum Gasteiger partial charge on any atom is 0.0195 e. The van der Waals surface area contributed by atoms with E-state index in [0.29, 0.717) is 12.1 Å². The molecule has 2 N–H and O–H groups in total. The maximum atomic E-state index is 3.64. The quantitative estimate of drug-likeness (QED) is 0.722. The molecule has 0 aromatic rings. The fraction of sp³-hybridized carbons (Fsp3) is 1.00. The van der Waals surface area contributed by atoms with Crippen molar-refractivity contribution in [1.82, 2.24) is 10.6 Å². The smallest absolute Gasteiger partial charge is 0.0195 e. The van der Waals surface area contributed by atoms with Crippen molar-refractivity contribution >= 4 is 0 Å². The lowest BCUT2D eigenvalue weighted by molar-refractivity contribution is 0.287. The van der Waals surface area contributed by atoms with Crippen LogP contribution in [0.4, 0.5) is 0 Å². The van der Waals surface area contributed by atoms with Gasteiger partial charge in [0.25, 0.3) is 0 Å². The highest BCUT2D eigenvalue weighted by molar-refractivity contribution is 4.83. The molecule has 0 amide bonds. The van der Waals surface area contributed by atoms with Gasteiger partial charge >= 0.3 is 0 Å². The summed E-state index contributed by atoms with van der Waals surface area (Å²) in [5.41, 5.74) is 0. The van der Waals surface area contributed by atoms with Gasteiger partial charge < -0.3 is 10.6 Å². The molecule has 0 saturated carbocycles. The molecule has 2 heteroatoms. The van der Waals surface area contributed by atoms with Gasteiger partial charge in [0.15, 0.2) is 0 Å². The van der Waals surface area contributed by atoms with E-state index in [1.54, 1.807) is 0 Å². The van der Waals surface area contributed by atoms with Crippen LogP contribution in [-0.4, -0.2) is 25.2 Å². The Labute approximate surface area is 88.8 Å². The highest BCUT2D eigenvalue weighted by Gasteiger charge is 2.20. The predicted octanol–water partition coefficient (Wildman–Crippen LogP) is 2.01. The Morgan fingerprint density at radius 2 is 1.21 bits per heavy atom. The fourth-order valence-corrected chi connectivity index (χ4v) is 2.23. The molecular formula is C12H26N2. The van der Waals surface area contributed by atoms with Crippen molar-refractivity contribution in [2.45, 2.75) is 52.6 Å². The van der Waals surface area contributed by atoms with Crippen molar-refractivity contribution in [2.75, 3.05) is 13.1 Å². The number of piperazine rings is 1. The molecule has 0 aliphatic carbocycles. The van der Waals surface area contributed by atoms with Gasteiger partial charge in [-0.2, -0.15) is 0 Å². The van der Waals surface area contributed by atoms with E-state index in [0.717, 1.165) is 24.9 Å². The van der Waals surface area contributed by atoms with Crippen molar-refractivity contribution < 1.29 is 0 Å². The normalized spacial score (nSPS) is 28.7. The van der Waals surface area contributed by atoms with Gasteiger partial charge in [-0.3, -0.25) is 0 Å². The monoisotopic (exact) mass is 198 g/mol. The van der Waals surface area contributed by atoms with Crippen LogP contribution in [0, 0.1) is 11.8 Å². The Morgan fingerprint density at radius 3 is 1.43 bits per heavy atom. The summed E-state index contributed by atoms with van der Waals surface area (Å²) < 4.78 is 0. The summed E-state index contributed by atoms with van der Waals surface area (Å²) in [6, 6.07) is 1.39. The molecule has 2 nitrogen and oxygen atoms in total. The van der Waals surface area contributed by atoms with Gasteiger partial charge in [-0.05, 0) is 24.7 Å². The minimum atomic E-state index is 0.693. The molecule has 0 aromatic carbocycles. The number of hydrogen-bond acceptors (Lipinski definition) is 2. The van der Waals surface area contributed by atoms with Crippen molar-refractivity contribution in [2.24, 2.45) is 11.8 Å². The molecule has 1 rings (SSSR count). The van der Waals surface area contributed by atoms with Crippen LogP contribution in [0.3, 0.4) is 0 Å². The van der Waals surface area contributed by atoms with Gasteiger partial charge in [0.1, 0.15) is 0 Å². The fourth-order valence-electron chi connectivity index (χ4n) is 2.23. The third-order valence-corrected chi connectivity index (χ3v) is 2.82. The maximum absolute atomic E-state index is 3.64. The van der Waals surface area contributed by atoms with E-state index >= 15 is 0 Å². The summed E-state index contributed by atoms with van der Waals surface area (Å²) in [6.45, 7) is 11.5. The second-order valence-corrected chi connectivity index (χ2v) is 5.47. The lowest BCUT2D eigenvalue weighted by atomic mass is 9.98. The summed E-state index contributed by atoms with van der Waals surface area (Å²) in [6.07, 6.45) is 2.59. The molecule has 0 radical (unpaired) electrons. The summed E-state index contributed by atoms with van der Waals surface area (Å²) in [7, 11) is 0. The zero-order chi connectivity index (χ0) is 10.6. The lowest BCUT2D eigenvalue weighted by Crippen LogP contribution is -2.54. The molecule has 14 heavy (non-hydrogen) atoms. The number of nitrogens with one attached hydrogen (secondary N) is 2. The van der Waals surface area contributed by atoms with E-state index in [4.69, 9.17) is 0 Å². The molecule has 1 aliphatic heterocycles. The van der Waals surface area contributed by atoms with E-state index in [1.807, 2.05) is 0 Å². The van der Waals surface area contributed by atoms with E-state index < -0.39 is 0 Å². The highest BCUT2D eigenvalue weighted by Crippen LogP contribution is 2.10. The zero-order valence-electron chi connectivity index (χ0n) is 10.1. The third kappa shape index (κ3) is 4.43. The molecule has 0 spiro atoms. The van der Waals surface area contributed by atoms with E-state index in [9.17, 15) is 0 Å². The molecule has 84 valence electrons. The van der Waals surface area contributed by atoms with Crippen LogP contribution < -0.4 is 10.6 Å². The van der Waals surface area contributed by atoms with Crippen LogP contribution in [0.15, 0.2) is 0 Å². The molecule has 0 unspecified atom stereocenters. The van der Waals surface area contributed by atoms with Crippen LogP contribution in [-0.2, 0) is 0 Å². The predicted molar refractivity (Wildman–Crippen MR) is 62.5 cm³/mol. The molecule has 2 atom stereocenters. The molecule has 0 aromatic heterocycles. The third-order valence-electron chi connectivity index (χ3n) is 2.82. The van der Waals surface area contributed by atoms with Crippen LogP contribution in [0.1, 0.15) is 40.5 Å². The molecular weight excluding hydrogens is 172 g/mol. The zero-order valence-corrected chi connectivity index (χ0v) is 10.1. The number of rotatable bonds is 4. The van der Waals surface area contributed by atoms with Gasteiger partial charge in [0, 0.05) is 25.2 Å². The molecule has 1 aliphatic rings. The van der Waals surface area contributed by atoms with Crippen LogP contribution in [0.5, 0.6) is 0 Å². The van der Waals surface area contributed by atoms with E-state index in [1.165, 1.54) is 12.8 Å². The second kappa shape index (κ2) is 5.72. The van der Waals surface area contributed by atoms with Crippen molar-refractivity contribution in [3.63, 3.8) is 0 Å². The minimum absolute atomic E-state index is 0.693. The minimum Gasteiger partial charge on any atom is -0.311 e.